The van der Waals surface area contributed by atoms with Gasteiger partial charge in [0.1, 0.15) is 12.2 Å². The van der Waals surface area contributed by atoms with Crippen LogP contribution in [0.3, 0.4) is 0 Å². The molecule has 0 radical (unpaired) electrons. The maximum absolute atomic E-state index is 11.9. The highest BCUT2D eigenvalue weighted by Crippen LogP contribution is 2.18. The lowest BCUT2D eigenvalue weighted by Gasteiger charge is -2.15. The highest BCUT2D eigenvalue weighted by molar-refractivity contribution is 6.76. The van der Waals surface area contributed by atoms with Gasteiger partial charge in [0.2, 0.25) is 0 Å². The summed E-state index contributed by atoms with van der Waals surface area (Å²) in [4.78, 5) is 23.6. The number of ether oxygens (including phenoxy) is 1. The molecule has 0 unspecified atom stereocenters. The van der Waals surface area contributed by atoms with E-state index in [-0.39, 0.29) is 12.5 Å². The van der Waals surface area contributed by atoms with Gasteiger partial charge in [0, 0.05) is 20.2 Å². The van der Waals surface area contributed by atoms with Crippen molar-refractivity contribution in [1.82, 2.24) is 4.57 Å². The molecule has 6 heteroatoms. The molecule has 0 saturated heterocycles. The number of para-hydroxylation sites is 1. The summed E-state index contributed by atoms with van der Waals surface area (Å²) in [5.74, 6) is -0.594. The molecule has 5 nitrogen and oxygen atoms in total. The normalized spacial score (nSPS) is 12.0. The van der Waals surface area contributed by atoms with Gasteiger partial charge in [-0.3, -0.25) is 4.79 Å². The van der Waals surface area contributed by atoms with E-state index in [1.807, 2.05) is 0 Å². The minimum absolute atomic E-state index is 0.0998. The molecule has 114 valence electrons. The van der Waals surface area contributed by atoms with Crippen molar-refractivity contribution in [3.63, 3.8) is 0 Å². The number of benzene rings is 1. The number of ketones is 1. The highest BCUT2D eigenvalue weighted by Gasteiger charge is 2.16. The van der Waals surface area contributed by atoms with Gasteiger partial charge >= 0.3 is 5.76 Å². The van der Waals surface area contributed by atoms with Gasteiger partial charge in [0.25, 0.3) is 0 Å². The van der Waals surface area contributed by atoms with Crippen LogP contribution < -0.4 is 5.76 Å². The third kappa shape index (κ3) is 3.71. The third-order valence-electron chi connectivity index (χ3n) is 3.28. The van der Waals surface area contributed by atoms with Crippen LogP contribution in [0.15, 0.2) is 27.4 Å². The van der Waals surface area contributed by atoms with Crippen LogP contribution >= 0.6 is 0 Å². The van der Waals surface area contributed by atoms with E-state index in [1.54, 1.807) is 18.2 Å². The minimum atomic E-state index is -1.17. The molecular weight excluding hydrogens is 286 g/mol. The van der Waals surface area contributed by atoms with Gasteiger partial charge in [-0.1, -0.05) is 25.7 Å². The van der Waals surface area contributed by atoms with Gasteiger partial charge < -0.3 is 9.15 Å². The smallest absolute Gasteiger partial charge is 0.408 e. The zero-order valence-corrected chi connectivity index (χ0v) is 13.9. The highest BCUT2D eigenvalue weighted by atomic mass is 28.3. The van der Waals surface area contributed by atoms with Crippen LogP contribution in [-0.4, -0.2) is 25.0 Å². The second-order valence-corrected chi connectivity index (χ2v) is 12.0. The quantitative estimate of drug-likeness (QED) is 0.467. The van der Waals surface area contributed by atoms with E-state index in [0.29, 0.717) is 23.3 Å². The molecule has 1 aromatic heterocycles. The average molecular weight is 307 g/mol. The summed E-state index contributed by atoms with van der Waals surface area (Å²) < 4.78 is 12.2. The summed E-state index contributed by atoms with van der Waals surface area (Å²) in [5.41, 5.74) is 1.41. The number of oxazole rings is 1. The van der Waals surface area contributed by atoms with Crippen molar-refractivity contribution in [2.24, 2.45) is 0 Å². The van der Waals surface area contributed by atoms with Crippen LogP contribution in [-0.2, 0) is 11.5 Å². The van der Waals surface area contributed by atoms with Crippen molar-refractivity contribution in [3.8, 4) is 0 Å². The zero-order valence-electron chi connectivity index (χ0n) is 12.9. The summed E-state index contributed by atoms with van der Waals surface area (Å²) >= 11 is 0. The first kappa shape index (κ1) is 15.7. The molecular formula is C15H21NO4Si. The van der Waals surface area contributed by atoms with Crippen LogP contribution in [0.5, 0.6) is 0 Å². The van der Waals surface area contributed by atoms with E-state index in [1.165, 1.54) is 11.5 Å². The third-order valence-corrected chi connectivity index (χ3v) is 4.99. The molecule has 0 N–H and O–H groups in total. The van der Waals surface area contributed by atoms with Gasteiger partial charge in [0.15, 0.2) is 11.4 Å². The van der Waals surface area contributed by atoms with Crippen molar-refractivity contribution >= 4 is 25.0 Å². The molecule has 0 saturated carbocycles. The lowest BCUT2D eigenvalue weighted by atomic mass is 10.1. The maximum Gasteiger partial charge on any atom is 0.421 e. The monoisotopic (exact) mass is 307 g/mol. The van der Waals surface area contributed by atoms with E-state index in [9.17, 15) is 9.59 Å². The summed E-state index contributed by atoms with van der Waals surface area (Å²) in [5, 5.41) is 0. The topological polar surface area (TPSA) is 61.4 Å². The molecule has 0 fully saturated rings. The molecule has 0 aliphatic rings. The number of hydrogen-bond donors (Lipinski definition) is 0. The molecule has 1 heterocycles. The molecule has 21 heavy (non-hydrogen) atoms. The Bertz CT molecular complexity index is 709. The Balaban J connectivity index is 2.25. The molecule has 0 atom stereocenters. The van der Waals surface area contributed by atoms with Crippen molar-refractivity contribution in [3.05, 3.63) is 34.3 Å². The summed E-state index contributed by atoms with van der Waals surface area (Å²) in [6.07, 6.45) is 0. The number of hydrogen-bond acceptors (Lipinski definition) is 4. The van der Waals surface area contributed by atoms with E-state index >= 15 is 0 Å². The lowest BCUT2D eigenvalue weighted by molar-refractivity contribution is 0.0848. The number of fused-ring (bicyclic) bond motifs is 1. The number of aromatic nitrogens is 1. The Hall–Kier alpha value is -1.66. The number of Topliss-reactive ketones (excluding diaryl/α,β-unsaturated/α-hetero) is 1. The van der Waals surface area contributed by atoms with Crippen LogP contribution in [0.2, 0.25) is 25.7 Å². The Morgan fingerprint density at radius 1 is 1.33 bits per heavy atom. The van der Waals surface area contributed by atoms with E-state index in [2.05, 4.69) is 19.6 Å². The molecule has 0 bridgehead atoms. The predicted molar refractivity (Wildman–Crippen MR) is 84.6 cm³/mol. The van der Waals surface area contributed by atoms with Gasteiger partial charge in [-0.2, -0.15) is 0 Å². The Morgan fingerprint density at radius 2 is 2.05 bits per heavy atom. The van der Waals surface area contributed by atoms with Crippen LogP contribution in [0.1, 0.15) is 17.3 Å². The predicted octanol–water partition coefficient (Wildman–Crippen LogP) is 3.11. The Kier molecular flexibility index (Phi) is 4.48. The molecule has 0 amide bonds. The van der Waals surface area contributed by atoms with Gasteiger partial charge in [-0.25, -0.2) is 9.36 Å². The number of carbonyl (C=O) groups excluding carboxylic acids is 1. The van der Waals surface area contributed by atoms with Crippen LogP contribution in [0.25, 0.3) is 11.1 Å². The number of rotatable bonds is 6. The largest absolute Gasteiger partial charge is 0.421 e. The van der Waals surface area contributed by atoms with Crippen molar-refractivity contribution < 1.29 is 13.9 Å². The first-order chi connectivity index (χ1) is 9.79. The Morgan fingerprint density at radius 3 is 2.67 bits per heavy atom. The fraction of sp³-hybridized carbons (Fsp3) is 0.467. The van der Waals surface area contributed by atoms with Gasteiger partial charge in [-0.05, 0) is 25.1 Å². The molecule has 0 spiro atoms. The molecule has 0 aliphatic heterocycles. The van der Waals surface area contributed by atoms with E-state index in [4.69, 9.17) is 9.15 Å². The van der Waals surface area contributed by atoms with Crippen molar-refractivity contribution in [2.75, 3.05) is 6.61 Å². The fourth-order valence-corrected chi connectivity index (χ4v) is 2.82. The first-order valence-corrected chi connectivity index (χ1v) is 10.7. The van der Waals surface area contributed by atoms with Gasteiger partial charge in [0.05, 0.1) is 0 Å². The van der Waals surface area contributed by atoms with E-state index in [0.717, 1.165) is 6.04 Å². The standard InChI is InChI=1S/C15H21NO4Si/c1-11(17)12-6-5-7-13-14(12)16(15(18)20-13)10-19-8-9-21(2,3)4/h5-7H,8-10H2,1-4H3. The molecule has 1 aromatic carbocycles. The minimum Gasteiger partial charge on any atom is -0.408 e. The fourth-order valence-electron chi connectivity index (χ4n) is 2.06. The molecule has 0 aliphatic carbocycles. The van der Waals surface area contributed by atoms with Crippen molar-refractivity contribution in [2.45, 2.75) is 39.3 Å². The summed E-state index contributed by atoms with van der Waals surface area (Å²) in [6.45, 7) is 9.00. The van der Waals surface area contributed by atoms with E-state index < -0.39 is 13.8 Å². The van der Waals surface area contributed by atoms with Crippen LogP contribution in [0, 0.1) is 0 Å². The lowest BCUT2D eigenvalue weighted by Crippen LogP contribution is -2.23. The van der Waals surface area contributed by atoms with Crippen LogP contribution in [0.4, 0.5) is 0 Å². The van der Waals surface area contributed by atoms with Gasteiger partial charge in [-0.15, -0.1) is 0 Å². The average Bonchev–Trinajstić information content (AvgIpc) is 2.69. The maximum atomic E-state index is 11.9. The molecule has 2 rings (SSSR count). The van der Waals surface area contributed by atoms with Crippen molar-refractivity contribution in [1.29, 1.82) is 0 Å². The number of nitrogens with zero attached hydrogens (tertiary/aromatic N) is 1. The number of carbonyl (C=O) groups is 1. The Labute approximate surface area is 124 Å². The molecule has 2 aromatic rings. The second kappa shape index (κ2) is 5.99. The summed E-state index contributed by atoms with van der Waals surface area (Å²) in [6, 6.07) is 6.11. The zero-order chi connectivity index (χ0) is 15.6. The first-order valence-electron chi connectivity index (χ1n) is 7.00. The SMILES string of the molecule is CC(=O)c1cccc2oc(=O)n(COCC[Si](C)(C)C)c12. The summed E-state index contributed by atoms with van der Waals surface area (Å²) in [7, 11) is -1.17. The second-order valence-electron chi connectivity index (χ2n) is 6.35.